The molecule has 1 N–H and O–H groups in total. The van der Waals surface area contributed by atoms with Gasteiger partial charge in [0.2, 0.25) is 11.7 Å². The van der Waals surface area contributed by atoms with Crippen molar-refractivity contribution in [2.45, 2.75) is 19.4 Å². The molecule has 1 atom stereocenters. The summed E-state index contributed by atoms with van der Waals surface area (Å²) in [5, 5.41) is 3.02. The van der Waals surface area contributed by atoms with Crippen LogP contribution in [-0.2, 0) is 4.79 Å². The largest absolute Gasteiger partial charge is 0.497 e. The molecular weight excluding hydrogens is 358 g/mol. The van der Waals surface area contributed by atoms with E-state index < -0.39 is 0 Å². The fourth-order valence-corrected chi connectivity index (χ4v) is 2.90. The maximum absolute atomic E-state index is 12.4. The molecule has 0 saturated carbocycles. The molecule has 0 spiro atoms. The molecule has 0 aliphatic carbocycles. The van der Waals surface area contributed by atoms with Crippen LogP contribution in [0.1, 0.15) is 30.5 Å². The molecule has 150 valence electrons. The van der Waals surface area contributed by atoms with Gasteiger partial charge in [0.05, 0.1) is 34.5 Å². The van der Waals surface area contributed by atoms with Gasteiger partial charge in [-0.3, -0.25) is 4.79 Å². The summed E-state index contributed by atoms with van der Waals surface area (Å²) >= 11 is 0. The Morgan fingerprint density at radius 2 is 1.61 bits per heavy atom. The molecule has 0 bridgehead atoms. The van der Waals surface area contributed by atoms with Gasteiger partial charge in [-0.15, -0.1) is 0 Å². The average molecular weight is 385 g/mol. The quantitative estimate of drug-likeness (QED) is 0.661. The summed E-state index contributed by atoms with van der Waals surface area (Å²) in [6.45, 7) is 2.02. The number of hydrogen-bond acceptors (Lipinski definition) is 5. The van der Waals surface area contributed by atoms with Crippen LogP contribution >= 0.6 is 0 Å². The molecule has 0 aliphatic heterocycles. The van der Waals surface area contributed by atoms with Gasteiger partial charge < -0.3 is 24.3 Å². The molecular formula is C22H27NO5. The van der Waals surface area contributed by atoms with Gasteiger partial charge in [0, 0.05) is 11.6 Å². The maximum atomic E-state index is 12.4. The first kappa shape index (κ1) is 21.2. The first-order chi connectivity index (χ1) is 13.6. The van der Waals surface area contributed by atoms with Crippen LogP contribution in [0.4, 0.5) is 0 Å². The third kappa shape index (κ3) is 4.97. The Hall–Kier alpha value is -3.15. The van der Waals surface area contributed by atoms with Crippen molar-refractivity contribution >= 4 is 12.0 Å². The number of nitrogens with one attached hydrogen (secondary N) is 1. The van der Waals surface area contributed by atoms with Gasteiger partial charge in [-0.25, -0.2) is 0 Å². The molecule has 2 rings (SSSR count). The highest BCUT2D eigenvalue weighted by atomic mass is 16.5. The van der Waals surface area contributed by atoms with Crippen LogP contribution in [0.25, 0.3) is 6.08 Å². The summed E-state index contributed by atoms with van der Waals surface area (Å²) in [5.41, 5.74) is 1.74. The number of ether oxygens (including phenoxy) is 4. The maximum Gasteiger partial charge on any atom is 0.244 e. The van der Waals surface area contributed by atoms with Gasteiger partial charge in [-0.05, 0) is 42.3 Å². The number of amides is 1. The molecule has 0 aromatic heterocycles. The van der Waals surface area contributed by atoms with E-state index >= 15 is 0 Å². The smallest absolute Gasteiger partial charge is 0.244 e. The Bertz CT molecular complexity index is 814. The minimum absolute atomic E-state index is 0.0876. The van der Waals surface area contributed by atoms with Gasteiger partial charge in [-0.2, -0.15) is 0 Å². The highest BCUT2D eigenvalue weighted by Crippen LogP contribution is 2.40. The van der Waals surface area contributed by atoms with Crippen LogP contribution in [0, 0.1) is 0 Å². The SMILES string of the molecule is CC[C@H](NC(=O)/C=C/c1ccc(OC)c(OC)c1OC)c1ccc(OC)cc1. The van der Waals surface area contributed by atoms with Crippen molar-refractivity contribution in [1.29, 1.82) is 0 Å². The zero-order valence-electron chi connectivity index (χ0n) is 16.9. The van der Waals surface area contributed by atoms with Gasteiger partial charge in [0.15, 0.2) is 11.5 Å². The Morgan fingerprint density at radius 3 is 2.14 bits per heavy atom. The van der Waals surface area contributed by atoms with Crippen molar-refractivity contribution in [3.05, 3.63) is 53.6 Å². The van der Waals surface area contributed by atoms with Crippen LogP contribution in [0.5, 0.6) is 23.0 Å². The number of methoxy groups -OCH3 is 4. The summed E-state index contributed by atoms with van der Waals surface area (Å²) in [6, 6.07) is 11.2. The molecule has 0 fully saturated rings. The van der Waals surface area contributed by atoms with Crippen LogP contribution in [0.3, 0.4) is 0 Å². The molecule has 0 aliphatic rings. The second-order valence-corrected chi connectivity index (χ2v) is 6.00. The molecule has 6 heteroatoms. The lowest BCUT2D eigenvalue weighted by Crippen LogP contribution is -2.26. The van der Waals surface area contributed by atoms with Crippen molar-refractivity contribution in [2.24, 2.45) is 0 Å². The highest BCUT2D eigenvalue weighted by molar-refractivity contribution is 5.92. The lowest BCUT2D eigenvalue weighted by molar-refractivity contribution is -0.117. The van der Waals surface area contributed by atoms with E-state index in [1.165, 1.54) is 6.08 Å². The standard InChI is InChI=1S/C22H27NO5/c1-6-18(15-7-11-17(25-2)12-8-15)23-20(24)14-10-16-9-13-19(26-3)22(28-5)21(16)27-4/h7-14,18H,6H2,1-5H3,(H,23,24)/b14-10+/t18-/m0/s1. The fraction of sp³-hybridized carbons (Fsp3) is 0.318. The monoisotopic (exact) mass is 385 g/mol. The molecule has 28 heavy (non-hydrogen) atoms. The van der Waals surface area contributed by atoms with Gasteiger partial charge in [-0.1, -0.05) is 19.1 Å². The third-order valence-corrected chi connectivity index (χ3v) is 4.39. The van der Waals surface area contributed by atoms with Crippen LogP contribution in [0.2, 0.25) is 0 Å². The highest BCUT2D eigenvalue weighted by Gasteiger charge is 2.15. The van der Waals surface area contributed by atoms with Crippen molar-refractivity contribution in [3.63, 3.8) is 0 Å². The minimum Gasteiger partial charge on any atom is -0.497 e. The summed E-state index contributed by atoms with van der Waals surface area (Å²) in [5.74, 6) is 2.14. The summed E-state index contributed by atoms with van der Waals surface area (Å²) in [4.78, 5) is 12.4. The topological polar surface area (TPSA) is 66.0 Å². The molecule has 0 unspecified atom stereocenters. The molecule has 6 nitrogen and oxygen atoms in total. The number of rotatable bonds is 9. The van der Waals surface area contributed by atoms with E-state index in [4.69, 9.17) is 18.9 Å². The van der Waals surface area contributed by atoms with Crippen molar-refractivity contribution in [1.82, 2.24) is 5.32 Å². The second kappa shape index (κ2) is 10.3. The molecule has 0 heterocycles. The lowest BCUT2D eigenvalue weighted by atomic mass is 10.0. The summed E-state index contributed by atoms with van der Waals surface area (Å²) < 4.78 is 21.3. The fourth-order valence-electron chi connectivity index (χ4n) is 2.90. The Morgan fingerprint density at radius 1 is 0.929 bits per heavy atom. The van der Waals surface area contributed by atoms with E-state index in [9.17, 15) is 4.79 Å². The molecule has 0 saturated heterocycles. The van der Waals surface area contributed by atoms with Gasteiger partial charge >= 0.3 is 0 Å². The van der Waals surface area contributed by atoms with Crippen molar-refractivity contribution in [3.8, 4) is 23.0 Å². The molecule has 0 radical (unpaired) electrons. The first-order valence-corrected chi connectivity index (χ1v) is 8.99. The van der Waals surface area contributed by atoms with Crippen molar-refractivity contribution < 1.29 is 23.7 Å². The molecule has 2 aromatic carbocycles. The molecule has 1 amide bonds. The lowest BCUT2D eigenvalue weighted by Gasteiger charge is -2.17. The van der Waals surface area contributed by atoms with E-state index in [0.717, 1.165) is 17.7 Å². The zero-order valence-corrected chi connectivity index (χ0v) is 16.9. The van der Waals surface area contributed by atoms with Crippen LogP contribution in [-0.4, -0.2) is 34.3 Å². The molecule has 2 aromatic rings. The van der Waals surface area contributed by atoms with E-state index in [1.807, 2.05) is 37.3 Å². The Kier molecular flexibility index (Phi) is 7.75. The number of carbonyl (C=O) groups is 1. The van der Waals surface area contributed by atoms with Gasteiger partial charge in [0.25, 0.3) is 0 Å². The average Bonchev–Trinajstić information content (AvgIpc) is 2.75. The minimum atomic E-state index is -0.195. The number of hydrogen-bond donors (Lipinski definition) is 1. The predicted molar refractivity (Wildman–Crippen MR) is 109 cm³/mol. The van der Waals surface area contributed by atoms with Crippen molar-refractivity contribution in [2.75, 3.05) is 28.4 Å². The summed E-state index contributed by atoms with van der Waals surface area (Å²) in [6.07, 6.45) is 3.94. The van der Waals surface area contributed by atoms with Crippen LogP contribution in [0.15, 0.2) is 42.5 Å². The Balaban J connectivity index is 2.15. The normalized spacial score (nSPS) is 11.8. The number of carbonyl (C=O) groups excluding carboxylic acids is 1. The second-order valence-electron chi connectivity index (χ2n) is 6.00. The first-order valence-electron chi connectivity index (χ1n) is 8.99. The zero-order chi connectivity index (χ0) is 20.5. The third-order valence-electron chi connectivity index (χ3n) is 4.39. The Labute approximate surface area is 166 Å². The van der Waals surface area contributed by atoms with Crippen LogP contribution < -0.4 is 24.3 Å². The van der Waals surface area contributed by atoms with E-state index in [-0.39, 0.29) is 11.9 Å². The van der Waals surface area contributed by atoms with E-state index in [1.54, 1.807) is 40.6 Å². The van der Waals surface area contributed by atoms with E-state index in [0.29, 0.717) is 22.8 Å². The van der Waals surface area contributed by atoms with E-state index in [2.05, 4.69) is 5.32 Å². The predicted octanol–water partition coefficient (Wildman–Crippen LogP) is 4.00. The number of benzene rings is 2. The van der Waals surface area contributed by atoms with Gasteiger partial charge in [0.1, 0.15) is 5.75 Å². The summed E-state index contributed by atoms with van der Waals surface area (Å²) in [7, 11) is 6.28.